The molecule has 1 fully saturated rings. The summed E-state index contributed by atoms with van der Waals surface area (Å²) >= 11 is 1.63. The lowest BCUT2D eigenvalue weighted by molar-refractivity contribution is 0.0763. The number of aromatic amines is 1. The molecule has 0 bridgehead atoms. The summed E-state index contributed by atoms with van der Waals surface area (Å²) in [4.78, 5) is 24.9. The molecule has 24 heavy (non-hydrogen) atoms. The number of hydrogen-bond acceptors (Lipinski definition) is 4. The van der Waals surface area contributed by atoms with Gasteiger partial charge in [0.25, 0.3) is 5.91 Å². The first kappa shape index (κ1) is 15.4. The van der Waals surface area contributed by atoms with E-state index in [2.05, 4.69) is 20.2 Å². The number of hydrogen-bond donors (Lipinski definition) is 1. The molecule has 0 saturated carbocycles. The Hall–Kier alpha value is -2.18. The first-order valence-corrected chi connectivity index (χ1v) is 9.20. The van der Waals surface area contributed by atoms with Crippen LogP contribution in [0.1, 0.15) is 22.5 Å². The Bertz CT molecular complexity index is 827. The van der Waals surface area contributed by atoms with E-state index in [1.165, 1.54) is 0 Å². The summed E-state index contributed by atoms with van der Waals surface area (Å²) in [7, 11) is 0. The van der Waals surface area contributed by atoms with Crippen molar-refractivity contribution in [3.63, 3.8) is 0 Å². The minimum Gasteiger partial charge on any atom is -0.361 e. The van der Waals surface area contributed by atoms with Gasteiger partial charge >= 0.3 is 0 Å². The van der Waals surface area contributed by atoms with E-state index in [0.29, 0.717) is 0 Å². The molecule has 5 nitrogen and oxygen atoms in total. The van der Waals surface area contributed by atoms with Gasteiger partial charge < -0.3 is 9.88 Å². The smallest absolute Gasteiger partial charge is 0.256 e. The van der Waals surface area contributed by atoms with Crippen LogP contribution in [-0.4, -0.2) is 51.9 Å². The van der Waals surface area contributed by atoms with Crippen LogP contribution in [0.5, 0.6) is 0 Å². The molecule has 0 atom stereocenters. The monoisotopic (exact) mass is 340 g/mol. The molecule has 2 aromatic heterocycles. The zero-order chi connectivity index (χ0) is 16.4. The van der Waals surface area contributed by atoms with Crippen LogP contribution in [0.2, 0.25) is 0 Å². The van der Waals surface area contributed by atoms with E-state index >= 15 is 0 Å². The van der Waals surface area contributed by atoms with E-state index in [4.69, 9.17) is 0 Å². The van der Waals surface area contributed by atoms with E-state index in [1.807, 2.05) is 40.9 Å². The summed E-state index contributed by atoms with van der Waals surface area (Å²) in [6.07, 6.45) is 2.88. The number of nitrogens with one attached hydrogen (secondary N) is 1. The molecule has 1 saturated heterocycles. The summed E-state index contributed by atoms with van der Waals surface area (Å²) < 4.78 is 0. The van der Waals surface area contributed by atoms with Crippen LogP contribution in [0, 0.1) is 0 Å². The molecule has 1 aliphatic rings. The van der Waals surface area contributed by atoms with Crippen LogP contribution in [0.15, 0.2) is 41.4 Å². The van der Waals surface area contributed by atoms with Gasteiger partial charge in [-0.25, -0.2) is 4.98 Å². The quantitative estimate of drug-likeness (QED) is 0.797. The Morgan fingerprint density at radius 1 is 1.21 bits per heavy atom. The highest BCUT2D eigenvalue weighted by Crippen LogP contribution is 2.19. The molecule has 4 rings (SSSR count). The topological polar surface area (TPSA) is 52.2 Å². The third-order valence-electron chi connectivity index (χ3n) is 4.56. The van der Waals surface area contributed by atoms with Crippen molar-refractivity contribution in [3.05, 3.63) is 52.6 Å². The van der Waals surface area contributed by atoms with Gasteiger partial charge in [0.05, 0.1) is 22.3 Å². The van der Waals surface area contributed by atoms with Crippen molar-refractivity contribution in [2.75, 3.05) is 26.2 Å². The van der Waals surface area contributed by atoms with Crippen molar-refractivity contribution in [2.24, 2.45) is 0 Å². The third-order valence-corrected chi connectivity index (χ3v) is 5.20. The number of fused-ring (bicyclic) bond motifs is 1. The van der Waals surface area contributed by atoms with E-state index in [-0.39, 0.29) is 5.91 Å². The average molecular weight is 340 g/mol. The molecule has 3 heterocycles. The molecular formula is C18H20N4OS. The second-order valence-electron chi connectivity index (χ2n) is 6.15. The van der Waals surface area contributed by atoms with Gasteiger partial charge in [-0.2, -0.15) is 0 Å². The maximum Gasteiger partial charge on any atom is 0.256 e. The average Bonchev–Trinajstić information content (AvgIpc) is 3.22. The summed E-state index contributed by atoms with van der Waals surface area (Å²) in [5, 5.41) is 3.18. The van der Waals surface area contributed by atoms with E-state index < -0.39 is 0 Å². The zero-order valence-electron chi connectivity index (χ0n) is 13.4. The predicted octanol–water partition coefficient (Wildman–Crippen LogP) is 2.97. The number of benzene rings is 1. The summed E-state index contributed by atoms with van der Waals surface area (Å²) in [6, 6.07) is 7.90. The largest absolute Gasteiger partial charge is 0.361 e. The molecule has 124 valence electrons. The number of rotatable bonds is 3. The van der Waals surface area contributed by atoms with Gasteiger partial charge in [-0.05, 0) is 18.6 Å². The number of amides is 1. The normalized spacial score (nSPS) is 16.4. The minimum atomic E-state index is 0.124. The maximum atomic E-state index is 13.0. The molecule has 1 aliphatic heterocycles. The lowest BCUT2D eigenvalue weighted by Gasteiger charge is -2.22. The fourth-order valence-corrected chi connectivity index (χ4v) is 3.86. The summed E-state index contributed by atoms with van der Waals surface area (Å²) in [5.74, 6) is 0.124. The molecule has 0 spiro atoms. The highest BCUT2D eigenvalue weighted by atomic mass is 32.1. The van der Waals surface area contributed by atoms with Crippen molar-refractivity contribution in [1.29, 1.82) is 0 Å². The van der Waals surface area contributed by atoms with Crippen LogP contribution < -0.4 is 0 Å². The van der Waals surface area contributed by atoms with Crippen LogP contribution in [0.25, 0.3) is 10.9 Å². The maximum absolute atomic E-state index is 13.0. The standard InChI is InChI=1S/C18H20N4OS/c23-18(16-4-1-3-14-5-6-19-17(14)16)22-8-2-7-21(9-10-22)11-15-12-24-13-20-15/h1,3-6,12-13,19H,2,7-11H2. The van der Waals surface area contributed by atoms with Gasteiger partial charge in [0, 0.05) is 49.7 Å². The zero-order valence-corrected chi connectivity index (χ0v) is 14.3. The van der Waals surface area contributed by atoms with E-state index in [9.17, 15) is 4.79 Å². The number of carbonyl (C=O) groups excluding carboxylic acids is 1. The van der Waals surface area contributed by atoms with Gasteiger partial charge in [0.1, 0.15) is 0 Å². The molecule has 1 N–H and O–H groups in total. The lowest BCUT2D eigenvalue weighted by atomic mass is 10.1. The Morgan fingerprint density at radius 3 is 3.04 bits per heavy atom. The van der Waals surface area contributed by atoms with Crippen molar-refractivity contribution >= 4 is 28.1 Å². The number of H-pyrrole nitrogens is 1. The molecule has 1 amide bonds. The third kappa shape index (κ3) is 3.07. The van der Waals surface area contributed by atoms with Crippen LogP contribution in [0.3, 0.4) is 0 Å². The Morgan fingerprint density at radius 2 is 2.17 bits per heavy atom. The fraction of sp³-hybridized carbons (Fsp3) is 0.333. The Kier molecular flexibility index (Phi) is 4.32. The number of thiazole rings is 1. The number of carbonyl (C=O) groups is 1. The first-order chi connectivity index (χ1) is 11.8. The number of para-hydroxylation sites is 1. The molecule has 0 radical (unpaired) electrons. The molecular weight excluding hydrogens is 320 g/mol. The highest BCUT2D eigenvalue weighted by molar-refractivity contribution is 7.07. The lowest BCUT2D eigenvalue weighted by Crippen LogP contribution is -2.35. The predicted molar refractivity (Wildman–Crippen MR) is 96.2 cm³/mol. The molecule has 6 heteroatoms. The van der Waals surface area contributed by atoms with Gasteiger partial charge in [-0.15, -0.1) is 11.3 Å². The first-order valence-electron chi connectivity index (χ1n) is 8.26. The Labute approximate surface area is 144 Å². The van der Waals surface area contributed by atoms with Gasteiger partial charge in [0.15, 0.2) is 0 Å². The van der Waals surface area contributed by atoms with E-state index in [1.54, 1.807) is 11.3 Å². The van der Waals surface area contributed by atoms with Gasteiger partial charge in [-0.1, -0.05) is 12.1 Å². The van der Waals surface area contributed by atoms with Crippen molar-refractivity contribution < 1.29 is 4.79 Å². The van der Waals surface area contributed by atoms with E-state index in [0.717, 1.165) is 61.3 Å². The highest BCUT2D eigenvalue weighted by Gasteiger charge is 2.22. The molecule has 0 unspecified atom stereocenters. The van der Waals surface area contributed by atoms with Crippen molar-refractivity contribution in [1.82, 2.24) is 19.8 Å². The van der Waals surface area contributed by atoms with Gasteiger partial charge in [0.2, 0.25) is 0 Å². The van der Waals surface area contributed by atoms with Gasteiger partial charge in [-0.3, -0.25) is 9.69 Å². The summed E-state index contributed by atoms with van der Waals surface area (Å²) in [6.45, 7) is 4.35. The fourth-order valence-electron chi connectivity index (χ4n) is 3.31. The second-order valence-corrected chi connectivity index (χ2v) is 6.87. The van der Waals surface area contributed by atoms with Crippen LogP contribution >= 0.6 is 11.3 Å². The van der Waals surface area contributed by atoms with Crippen LogP contribution in [0.4, 0.5) is 0 Å². The number of nitrogens with zero attached hydrogens (tertiary/aromatic N) is 3. The SMILES string of the molecule is O=C(c1cccc2cc[nH]c12)N1CCCN(Cc2cscn2)CC1. The van der Waals surface area contributed by atoms with Crippen molar-refractivity contribution in [3.8, 4) is 0 Å². The molecule has 1 aromatic carbocycles. The summed E-state index contributed by atoms with van der Waals surface area (Å²) in [5.41, 5.74) is 4.70. The molecule has 0 aliphatic carbocycles. The molecule has 3 aromatic rings. The minimum absolute atomic E-state index is 0.124. The number of aromatic nitrogens is 2. The van der Waals surface area contributed by atoms with Crippen molar-refractivity contribution in [2.45, 2.75) is 13.0 Å². The Balaban J connectivity index is 1.47. The second kappa shape index (κ2) is 6.75. The van der Waals surface area contributed by atoms with Crippen LogP contribution in [-0.2, 0) is 6.54 Å².